The van der Waals surface area contributed by atoms with Crippen molar-refractivity contribution in [2.45, 2.75) is 44.6 Å². The van der Waals surface area contributed by atoms with Gasteiger partial charge in [0.05, 0.1) is 12.5 Å². The topological polar surface area (TPSA) is 95.7 Å². The number of nitrogens with two attached hydrogens (primary N) is 1. The number of amides is 1. The molecule has 6 heteroatoms. The van der Waals surface area contributed by atoms with Crippen molar-refractivity contribution in [2.24, 2.45) is 17.6 Å². The fourth-order valence-electron chi connectivity index (χ4n) is 3.39. The number of piperidine rings is 1. The van der Waals surface area contributed by atoms with E-state index in [0.717, 1.165) is 51.6 Å². The van der Waals surface area contributed by atoms with E-state index in [2.05, 4.69) is 10.2 Å². The second-order valence-electron chi connectivity index (χ2n) is 6.41. The third-order valence-corrected chi connectivity index (χ3v) is 4.79. The molecule has 1 saturated carbocycles. The molecule has 0 aromatic rings. The van der Waals surface area contributed by atoms with Gasteiger partial charge in [-0.3, -0.25) is 14.5 Å². The molecule has 1 aliphatic carbocycles. The van der Waals surface area contributed by atoms with E-state index in [1.54, 1.807) is 0 Å². The molecule has 6 nitrogen and oxygen atoms in total. The number of carboxylic acids is 1. The summed E-state index contributed by atoms with van der Waals surface area (Å²) in [5, 5.41) is 12.1. The smallest absolute Gasteiger partial charge is 0.306 e. The van der Waals surface area contributed by atoms with Crippen LogP contribution < -0.4 is 11.1 Å². The van der Waals surface area contributed by atoms with Crippen LogP contribution in [0.5, 0.6) is 0 Å². The third-order valence-electron chi connectivity index (χ3n) is 4.79. The maximum Gasteiger partial charge on any atom is 0.306 e. The van der Waals surface area contributed by atoms with Crippen LogP contribution in [0.3, 0.4) is 0 Å². The Labute approximate surface area is 126 Å². The summed E-state index contributed by atoms with van der Waals surface area (Å²) in [6, 6.07) is 0.267. The SMILES string of the molecule is NC1CCN(CC(=O)NCC2CCCCC2C(=O)O)CC1. The summed E-state index contributed by atoms with van der Waals surface area (Å²) in [6.45, 7) is 2.63. The van der Waals surface area contributed by atoms with Gasteiger partial charge in [-0.25, -0.2) is 0 Å². The van der Waals surface area contributed by atoms with Crippen LogP contribution >= 0.6 is 0 Å². The van der Waals surface area contributed by atoms with Crippen molar-refractivity contribution < 1.29 is 14.7 Å². The lowest BCUT2D eigenvalue weighted by molar-refractivity contribution is -0.145. The molecule has 2 aliphatic rings. The molecule has 21 heavy (non-hydrogen) atoms. The van der Waals surface area contributed by atoms with Crippen LogP contribution in [-0.4, -0.2) is 54.1 Å². The first-order valence-corrected chi connectivity index (χ1v) is 8.03. The van der Waals surface area contributed by atoms with Crippen molar-refractivity contribution in [2.75, 3.05) is 26.2 Å². The molecule has 1 amide bonds. The molecule has 4 N–H and O–H groups in total. The van der Waals surface area contributed by atoms with Gasteiger partial charge in [-0.1, -0.05) is 12.8 Å². The maximum atomic E-state index is 12.0. The Morgan fingerprint density at radius 2 is 1.81 bits per heavy atom. The lowest BCUT2D eigenvalue weighted by atomic mass is 9.79. The molecule has 0 spiro atoms. The first-order valence-electron chi connectivity index (χ1n) is 8.03. The van der Waals surface area contributed by atoms with E-state index in [4.69, 9.17) is 5.73 Å². The van der Waals surface area contributed by atoms with E-state index < -0.39 is 5.97 Å². The molecule has 1 aliphatic heterocycles. The molecule has 0 radical (unpaired) electrons. The van der Waals surface area contributed by atoms with Gasteiger partial charge >= 0.3 is 5.97 Å². The largest absolute Gasteiger partial charge is 0.481 e. The highest BCUT2D eigenvalue weighted by molar-refractivity contribution is 5.78. The number of rotatable bonds is 5. The second kappa shape index (κ2) is 7.75. The Morgan fingerprint density at radius 3 is 2.48 bits per heavy atom. The molecular formula is C15H27N3O3. The quantitative estimate of drug-likeness (QED) is 0.683. The van der Waals surface area contributed by atoms with E-state index in [1.807, 2.05) is 0 Å². The van der Waals surface area contributed by atoms with Crippen molar-refractivity contribution >= 4 is 11.9 Å². The van der Waals surface area contributed by atoms with Crippen LogP contribution in [-0.2, 0) is 9.59 Å². The number of carboxylic acid groups (broad SMARTS) is 1. The van der Waals surface area contributed by atoms with Crippen LogP contribution in [0.2, 0.25) is 0 Å². The summed E-state index contributed by atoms with van der Waals surface area (Å²) in [6.07, 6.45) is 5.56. The summed E-state index contributed by atoms with van der Waals surface area (Å²) in [4.78, 5) is 25.3. The van der Waals surface area contributed by atoms with Crippen molar-refractivity contribution in [1.29, 1.82) is 0 Å². The molecule has 0 aromatic carbocycles. The maximum absolute atomic E-state index is 12.0. The Balaban J connectivity index is 1.71. The minimum absolute atomic E-state index is 0.000170. The van der Waals surface area contributed by atoms with E-state index in [-0.39, 0.29) is 23.8 Å². The van der Waals surface area contributed by atoms with Crippen LogP contribution in [0.25, 0.3) is 0 Å². The zero-order valence-electron chi connectivity index (χ0n) is 12.6. The number of hydrogen-bond acceptors (Lipinski definition) is 4. The summed E-state index contributed by atoms with van der Waals surface area (Å²) in [7, 11) is 0. The molecule has 2 rings (SSSR count). The van der Waals surface area contributed by atoms with E-state index in [1.165, 1.54) is 0 Å². The van der Waals surface area contributed by atoms with E-state index in [9.17, 15) is 14.7 Å². The van der Waals surface area contributed by atoms with Crippen molar-refractivity contribution in [3.05, 3.63) is 0 Å². The molecule has 1 saturated heterocycles. The number of nitrogens with one attached hydrogen (secondary N) is 1. The predicted octanol–water partition coefficient (Wildman–Crippen LogP) is 0.417. The zero-order chi connectivity index (χ0) is 15.2. The van der Waals surface area contributed by atoms with Gasteiger partial charge < -0.3 is 16.2 Å². The Kier molecular flexibility index (Phi) is 5.99. The molecule has 2 fully saturated rings. The van der Waals surface area contributed by atoms with Gasteiger partial charge in [0.15, 0.2) is 0 Å². The number of carbonyl (C=O) groups excluding carboxylic acids is 1. The van der Waals surface area contributed by atoms with Gasteiger partial charge in [-0.15, -0.1) is 0 Å². The summed E-state index contributed by atoms with van der Waals surface area (Å²) in [5.41, 5.74) is 5.84. The fraction of sp³-hybridized carbons (Fsp3) is 0.867. The Morgan fingerprint density at radius 1 is 1.14 bits per heavy atom. The number of aliphatic carboxylic acids is 1. The number of carbonyl (C=O) groups is 2. The highest BCUT2D eigenvalue weighted by atomic mass is 16.4. The predicted molar refractivity (Wildman–Crippen MR) is 79.7 cm³/mol. The monoisotopic (exact) mass is 297 g/mol. The third kappa shape index (κ3) is 4.97. The van der Waals surface area contributed by atoms with Crippen LogP contribution in [0.1, 0.15) is 38.5 Å². The standard InChI is InChI=1S/C15H27N3O3/c16-12-5-7-18(8-6-12)10-14(19)17-9-11-3-1-2-4-13(11)15(20)21/h11-13H,1-10,16H2,(H,17,19)(H,20,21). The second-order valence-corrected chi connectivity index (χ2v) is 6.41. The molecule has 0 bridgehead atoms. The molecule has 2 atom stereocenters. The van der Waals surface area contributed by atoms with Gasteiger partial charge in [0.1, 0.15) is 0 Å². The van der Waals surface area contributed by atoms with Crippen LogP contribution in [0.4, 0.5) is 0 Å². The minimum Gasteiger partial charge on any atom is -0.481 e. The number of likely N-dealkylation sites (tertiary alicyclic amines) is 1. The Bertz CT molecular complexity index is 367. The van der Waals surface area contributed by atoms with E-state index in [0.29, 0.717) is 13.1 Å². The average molecular weight is 297 g/mol. The first-order chi connectivity index (χ1) is 10.1. The van der Waals surface area contributed by atoms with Crippen LogP contribution in [0, 0.1) is 11.8 Å². The molecular weight excluding hydrogens is 270 g/mol. The molecule has 1 heterocycles. The van der Waals surface area contributed by atoms with E-state index >= 15 is 0 Å². The summed E-state index contributed by atoms with van der Waals surface area (Å²) < 4.78 is 0. The minimum atomic E-state index is -0.723. The highest BCUT2D eigenvalue weighted by Crippen LogP contribution is 2.29. The van der Waals surface area contributed by atoms with Crippen molar-refractivity contribution in [1.82, 2.24) is 10.2 Å². The number of hydrogen-bond donors (Lipinski definition) is 3. The lowest BCUT2D eigenvalue weighted by Crippen LogP contribution is -2.46. The van der Waals surface area contributed by atoms with Crippen molar-refractivity contribution in [3.8, 4) is 0 Å². The normalized spacial score (nSPS) is 28.2. The van der Waals surface area contributed by atoms with Gasteiger partial charge in [-0.05, 0) is 31.6 Å². The summed E-state index contributed by atoms with van der Waals surface area (Å²) in [5.74, 6) is -0.943. The molecule has 120 valence electrons. The number of nitrogens with zero attached hydrogens (tertiary/aromatic N) is 1. The fourth-order valence-corrected chi connectivity index (χ4v) is 3.39. The lowest BCUT2D eigenvalue weighted by Gasteiger charge is -2.31. The Hall–Kier alpha value is -1.14. The van der Waals surface area contributed by atoms with Gasteiger partial charge in [-0.2, -0.15) is 0 Å². The average Bonchev–Trinajstić information content (AvgIpc) is 2.48. The van der Waals surface area contributed by atoms with Gasteiger partial charge in [0, 0.05) is 25.7 Å². The van der Waals surface area contributed by atoms with Gasteiger partial charge in [0.25, 0.3) is 0 Å². The van der Waals surface area contributed by atoms with Gasteiger partial charge in [0.2, 0.25) is 5.91 Å². The summed E-state index contributed by atoms with van der Waals surface area (Å²) >= 11 is 0. The first kappa shape index (κ1) is 16.2. The van der Waals surface area contributed by atoms with Crippen molar-refractivity contribution in [3.63, 3.8) is 0 Å². The zero-order valence-corrected chi connectivity index (χ0v) is 12.6. The molecule has 0 aromatic heterocycles. The highest BCUT2D eigenvalue weighted by Gasteiger charge is 2.31. The molecule has 2 unspecified atom stereocenters. The van der Waals surface area contributed by atoms with Crippen LogP contribution in [0.15, 0.2) is 0 Å².